The van der Waals surface area contributed by atoms with Crippen molar-refractivity contribution in [2.75, 3.05) is 26.6 Å². The zero-order valence-electron chi connectivity index (χ0n) is 15.9. The molecule has 1 atom stereocenters. The minimum atomic E-state index is -1.11. The van der Waals surface area contributed by atoms with E-state index in [4.69, 9.17) is 24.2 Å². The van der Waals surface area contributed by atoms with E-state index in [-0.39, 0.29) is 17.1 Å². The number of para-hydroxylation sites is 1. The standard InChI is InChI=1S/C20H20N2O6/c1-12(19(23)22-15-8-6-5-7-13(15)11-21)28-20(24)14-9-10-16(25-2)18(27-4)17(14)26-3/h5-10,12H,1-4H3,(H,22,23)/t12-/m1/s1. The SMILES string of the molecule is COc1ccc(C(=O)O[C@H](C)C(=O)Nc2ccccc2C#N)c(OC)c1OC. The molecule has 8 heteroatoms. The van der Waals surface area contributed by atoms with E-state index in [1.807, 2.05) is 6.07 Å². The second kappa shape index (κ2) is 9.28. The Morgan fingerprint density at radius 3 is 2.29 bits per heavy atom. The first-order valence-electron chi connectivity index (χ1n) is 8.26. The summed E-state index contributed by atoms with van der Waals surface area (Å²) in [7, 11) is 4.25. The Morgan fingerprint density at radius 1 is 1.00 bits per heavy atom. The summed E-state index contributed by atoms with van der Waals surface area (Å²) in [5, 5.41) is 11.7. The van der Waals surface area contributed by atoms with Gasteiger partial charge in [-0.15, -0.1) is 0 Å². The first-order chi connectivity index (χ1) is 13.5. The maximum absolute atomic E-state index is 12.6. The van der Waals surface area contributed by atoms with Crippen molar-refractivity contribution in [3.05, 3.63) is 47.5 Å². The van der Waals surface area contributed by atoms with Crippen molar-refractivity contribution in [3.8, 4) is 23.3 Å². The smallest absolute Gasteiger partial charge is 0.342 e. The molecule has 2 rings (SSSR count). The van der Waals surface area contributed by atoms with Crippen LogP contribution in [0.25, 0.3) is 0 Å². The first-order valence-corrected chi connectivity index (χ1v) is 8.26. The lowest BCUT2D eigenvalue weighted by Gasteiger charge is -2.17. The molecule has 146 valence electrons. The van der Waals surface area contributed by atoms with Gasteiger partial charge in [0.2, 0.25) is 5.75 Å². The van der Waals surface area contributed by atoms with Gasteiger partial charge in [-0.25, -0.2) is 4.79 Å². The average molecular weight is 384 g/mol. The highest BCUT2D eigenvalue weighted by Crippen LogP contribution is 2.40. The number of hydrogen-bond acceptors (Lipinski definition) is 7. The molecule has 0 fully saturated rings. The van der Waals surface area contributed by atoms with Crippen LogP contribution in [0.15, 0.2) is 36.4 Å². The summed E-state index contributed by atoms with van der Waals surface area (Å²) in [4.78, 5) is 24.9. The highest BCUT2D eigenvalue weighted by atomic mass is 16.6. The second-order valence-corrected chi connectivity index (χ2v) is 5.58. The summed E-state index contributed by atoms with van der Waals surface area (Å²) < 4.78 is 20.9. The molecule has 0 spiro atoms. The van der Waals surface area contributed by atoms with Crippen LogP contribution >= 0.6 is 0 Å². The van der Waals surface area contributed by atoms with Crippen LogP contribution in [0.3, 0.4) is 0 Å². The van der Waals surface area contributed by atoms with Crippen molar-refractivity contribution in [2.24, 2.45) is 0 Å². The van der Waals surface area contributed by atoms with Gasteiger partial charge in [0, 0.05) is 0 Å². The van der Waals surface area contributed by atoms with Gasteiger partial charge in [-0.3, -0.25) is 4.79 Å². The molecule has 0 aromatic heterocycles. The van der Waals surface area contributed by atoms with Crippen LogP contribution in [-0.4, -0.2) is 39.3 Å². The van der Waals surface area contributed by atoms with E-state index < -0.39 is 18.0 Å². The Balaban J connectivity index is 2.18. The lowest BCUT2D eigenvalue weighted by molar-refractivity contribution is -0.123. The monoisotopic (exact) mass is 384 g/mol. The highest BCUT2D eigenvalue weighted by molar-refractivity contribution is 5.99. The molecule has 0 bridgehead atoms. The Kier molecular flexibility index (Phi) is 6.82. The van der Waals surface area contributed by atoms with E-state index >= 15 is 0 Å². The molecule has 1 N–H and O–H groups in total. The number of benzene rings is 2. The Labute approximate surface area is 162 Å². The normalized spacial score (nSPS) is 11.0. The maximum Gasteiger partial charge on any atom is 0.342 e. The summed E-state index contributed by atoms with van der Waals surface area (Å²) in [6.45, 7) is 1.43. The van der Waals surface area contributed by atoms with E-state index in [0.29, 0.717) is 17.0 Å². The Hall–Kier alpha value is -3.73. The number of nitrogens with one attached hydrogen (secondary N) is 1. The molecule has 0 heterocycles. The van der Waals surface area contributed by atoms with E-state index in [0.717, 1.165) is 0 Å². The van der Waals surface area contributed by atoms with Gasteiger partial charge in [-0.05, 0) is 31.2 Å². The number of anilines is 1. The van der Waals surface area contributed by atoms with Gasteiger partial charge in [-0.1, -0.05) is 12.1 Å². The van der Waals surface area contributed by atoms with Crippen LogP contribution in [0.4, 0.5) is 5.69 Å². The predicted octanol–water partition coefficient (Wildman–Crippen LogP) is 2.77. The number of carbonyl (C=O) groups is 2. The minimum absolute atomic E-state index is 0.0808. The van der Waals surface area contributed by atoms with Crippen LogP contribution in [0.2, 0.25) is 0 Å². The minimum Gasteiger partial charge on any atom is -0.493 e. The van der Waals surface area contributed by atoms with E-state index in [9.17, 15) is 9.59 Å². The number of ether oxygens (including phenoxy) is 4. The molecule has 0 aliphatic carbocycles. The average Bonchev–Trinajstić information content (AvgIpc) is 2.72. The number of rotatable bonds is 7. The van der Waals surface area contributed by atoms with E-state index in [1.54, 1.807) is 24.3 Å². The van der Waals surface area contributed by atoms with Crippen molar-refractivity contribution >= 4 is 17.6 Å². The highest BCUT2D eigenvalue weighted by Gasteiger charge is 2.25. The summed E-state index contributed by atoms with van der Waals surface area (Å²) in [5.41, 5.74) is 0.717. The number of amides is 1. The molecule has 0 unspecified atom stereocenters. The Morgan fingerprint density at radius 2 is 1.68 bits per heavy atom. The number of esters is 1. The lowest BCUT2D eigenvalue weighted by Crippen LogP contribution is -2.30. The molecule has 0 aliphatic rings. The molecular formula is C20H20N2O6. The van der Waals surface area contributed by atoms with Crippen LogP contribution in [0.5, 0.6) is 17.2 Å². The summed E-state index contributed by atoms with van der Waals surface area (Å²) >= 11 is 0. The van der Waals surface area contributed by atoms with Gasteiger partial charge in [0.25, 0.3) is 5.91 Å². The predicted molar refractivity (Wildman–Crippen MR) is 101 cm³/mol. The molecular weight excluding hydrogens is 364 g/mol. The van der Waals surface area contributed by atoms with Crippen LogP contribution < -0.4 is 19.5 Å². The largest absolute Gasteiger partial charge is 0.493 e. The molecule has 0 saturated heterocycles. The first kappa shape index (κ1) is 20.6. The third kappa shape index (κ3) is 4.32. The Bertz CT molecular complexity index is 919. The van der Waals surface area contributed by atoms with Crippen LogP contribution in [0, 0.1) is 11.3 Å². The zero-order chi connectivity index (χ0) is 20.7. The molecule has 1 amide bonds. The van der Waals surface area contributed by atoms with Crippen molar-refractivity contribution < 1.29 is 28.5 Å². The molecule has 2 aromatic carbocycles. The van der Waals surface area contributed by atoms with Crippen molar-refractivity contribution in [2.45, 2.75) is 13.0 Å². The molecule has 0 radical (unpaired) electrons. The van der Waals surface area contributed by atoms with Crippen molar-refractivity contribution in [1.29, 1.82) is 5.26 Å². The molecule has 8 nitrogen and oxygen atoms in total. The van der Waals surface area contributed by atoms with Gasteiger partial charge >= 0.3 is 5.97 Å². The van der Waals surface area contributed by atoms with Gasteiger partial charge < -0.3 is 24.3 Å². The van der Waals surface area contributed by atoms with Crippen LogP contribution in [0.1, 0.15) is 22.8 Å². The van der Waals surface area contributed by atoms with E-state index in [2.05, 4.69) is 5.32 Å². The molecule has 0 aliphatic heterocycles. The quantitative estimate of drug-likeness (QED) is 0.732. The number of nitrogens with zero attached hydrogens (tertiary/aromatic N) is 1. The molecule has 0 saturated carbocycles. The number of methoxy groups -OCH3 is 3. The third-order valence-electron chi connectivity index (χ3n) is 3.88. The molecule has 2 aromatic rings. The van der Waals surface area contributed by atoms with Crippen molar-refractivity contribution in [1.82, 2.24) is 0 Å². The summed E-state index contributed by atoms with van der Waals surface area (Å²) in [6, 6.07) is 11.5. The molecule has 28 heavy (non-hydrogen) atoms. The fourth-order valence-corrected chi connectivity index (χ4v) is 2.46. The summed E-state index contributed by atoms with van der Waals surface area (Å²) in [6.07, 6.45) is -1.11. The van der Waals surface area contributed by atoms with Gasteiger partial charge in [0.15, 0.2) is 17.6 Å². The maximum atomic E-state index is 12.6. The van der Waals surface area contributed by atoms with E-state index in [1.165, 1.54) is 40.4 Å². The fourth-order valence-electron chi connectivity index (χ4n) is 2.46. The second-order valence-electron chi connectivity index (χ2n) is 5.58. The zero-order valence-corrected chi connectivity index (χ0v) is 15.9. The number of hydrogen-bond donors (Lipinski definition) is 1. The van der Waals surface area contributed by atoms with Crippen LogP contribution in [-0.2, 0) is 9.53 Å². The number of nitriles is 1. The fraction of sp³-hybridized carbons (Fsp3) is 0.250. The summed E-state index contributed by atoms with van der Waals surface area (Å²) in [5.74, 6) is -0.590. The van der Waals surface area contributed by atoms with Gasteiger partial charge in [-0.2, -0.15) is 5.26 Å². The van der Waals surface area contributed by atoms with Gasteiger partial charge in [0.05, 0.1) is 32.6 Å². The lowest BCUT2D eigenvalue weighted by atomic mass is 10.1. The van der Waals surface area contributed by atoms with Gasteiger partial charge in [0.1, 0.15) is 11.6 Å². The third-order valence-corrected chi connectivity index (χ3v) is 3.88. The van der Waals surface area contributed by atoms with Crippen molar-refractivity contribution in [3.63, 3.8) is 0 Å². The number of carbonyl (C=O) groups excluding carboxylic acids is 2. The topological polar surface area (TPSA) is 107 Å².